The smallest absolute Gasteiger partial charge is 0.336 e. The largest absolute Gasteiger partial charge is 0.406 e. The Morgan fingerprint density at radius 1 is 1.47 bits per heavy atom. The van der Waals surface area contributed by atoms with Crippen LogP contribution in [-0.2, 0) is 6.54 Å². The molecule has 0 bridgehead atoms. The Kier molecular flexibility index (Phi) is 4.35. The maximum atomic E-state index is 12.6. The van der Waals surface area contributed by atoms with Crippen LogP contribution >= 0.6 is 11.3 Å². The van der Waals surface area contributed by atoms with E-state index in [9.17, 15) is 13.2 Å². The van der Waals surface area contributed by atoms with Crippen molar-refractivity contribution in [3.63, 3.8) is 0 Å². The minimum atomic E-state index is -4.18. The molecule has 3 nitrogen and oxygen atoms in total. The topological polar surface area (TPSA) is 28.2 Å². The van der Waals surface area contributed by atoms with Gasteiger partial charge in [0.15, 0.2) is 5.13 Å². The number of hydrogen-bond acceptors (Lipinski definition) is 4. The third kappa shape index (κ3) is 4.65. The van der Waals surface area contributed by atoms with Crippen LogP contribution in [0.5, 0.6) is 0 Å². The lowest BCUT2D eigenvalue weighted by Crippen LogP contribution is -2.35. The van der Waals surface area contributed by atoms with Gasteiger partial charge in [-0.15, -0.1) is 11.3 Å². The number of rotatable bonds is 6. The molecule has 1 heterocycles. The van der Waals surface area contributed by atoms with Gasteiger partial charge in [0.05, 0.1) is 0 Å². The van der Waals surface area contributed by atoms with Gasteiger partial charge in [0, 0.05) is 29.7 Å². The van der Waals surface area contributed by atoms with Gasteiger partial charge in [0.1, 0.15) is 6.54 Å². The fourth-order valence-corrected chi connectivity index (χ4v) is 2.68. The van der Waals surface area contributed by atoms with Crippen LogP contribution in [0.2, 0.25) is 0 Å². The number of nitrogens with one attached hydrogen (secondary N) is 1. The second kappa shape index (κ2) is 5.66. The minimum Gasteiger partial charge on any atom is -0.336 e. The monoisotopic (exact) mass is 293 g/mol. The summed E-state index contributed by atoms with van der Waals surface area (Å²) in [5.74, 6) is 0. The van der Waals surface area contributed by atoms with E-state index in [2.05, 4.69) is 10.3 Å². The summed E-state index contributed by atoms with van der Waals surface area (Å²) in [6, 6.07) is 0.360. The van der Waals surface area contributed by atoms with E-state index in [-0.39, 0.29) is 6.04 Å². The van der Waals surface area contributed by atoms with Crippen LogP contribution in [0.15, 0.2) is 6.20 Å². The van der Waals surface area contributed by atoms with Crippen LogP contribution in [0.25, 0.3) is 0 Å². The van der Waals surface area contributed by atoms with Crippen LogP contribution in [0.3, 0.4) is 0 Å². The number of hydrogen-bond donors (Lipinski definition) is 1. The van der Waals surface area contributed by atoms with Crippen LogP contribution < -0.4 is 10.2 Å². The van der Waals surface area contributed by atoms with Gasteiger partial charge < -0.3 is 10.2 Å². The van der Waals surface area contributed by atoms with Gasteiger partial charge in [-0.05, 0) is 12.8 Å². The zero-order chi connectivity index (χ0) is 14.0. The van der Waals surface area contributed by atoms with E-state index in [1.165, 1.54) is 16.2 Å². The normalized spacial score (nSPS) is 16.1. The van der Waals surface area contributed by atoms with Crippen molar-refractivity contribution in [2.24, 2.45) is 0 Å². The maximum absolute atomic E-state index is 12.6. The molecule has 19 heavy (non-hydrogen) atoms. The van der Waals surface area contributed by atoms with Crippen molar-refractivity contribution >= 4 is 16.5 Å². The van der Waals surface area contributed by atoms with Gasteiger partial charge in [-0.1, -0.05) is 13.8 Å². The van der Waals surface area contributed by atoms with Crippen LogP contribution in [0.4, 0.5) is 18.3 Å². The van der Waals surface area contributed by atoms with Gasteiger partial charge in [0.25, 0.3) is 0 Å². The number of anilines is 1. The summed E-state index contributed by atoms with van der Waals surface area (Å²) in [7, 11) is 0. The lowest BCUT2D eigenvalue weighted by Gasteiger charge is -2.22. The first kappa shape index (κ1) is 14.6. The fraction of sp³-hybridized carbons (Fsp3) is 0.750. The molecular formula is C12H18F3N3S. The predicted octanol–water partition coefficient (Wildman–Crippen LogP) is 3.17. The van der Waals surface area contributed by atoms with E-state index >= 15 is 0 Å². The van der Waals surface area contributed by atoms with Crippen molar-refractivity contribution in [1.29, 1.82) is 0 Å². The fourth-order valence-electron chi connectivity index (χ4n) is 1.75. The summed E-state index contributed by atoms with van der Waals surface area (Å²) in [6.45, 7) is 3.81. The predicted molar refractivity (Wildman–Crippen MR) is 70.5 cm³/mol. The molecule has 0 spiro atoms. The highest BCUT2D eigenvalue weighted by atomic mass is 32.1. The van der Waals surface area contributed by atoms with E-state index < -0.39 is 12.7 Å². The highest BCUT2D eigenvalue weighted by Crippen LogP contribution is 2.36. The van der Waals surface area contributed by atoms with Crippen molar-refractivity contribution in [2.75, 3.05) is 11.4 Å². The van der Waals surface area contributed by atoms with Gasteiger partial charge in [0.2, 0.25) is 0 Å². The molecule has 0 unspecified atom stereocenters. The van der Waals surface area contributed by atoms with E-state index in [4.69, 9.17) is 0 Å². The van der Waals surface area contributed by atoms with Gasteiger partial charge in [-0.2, -0.15) is 13.2 Å². The Hall–Kier alpha value is -0.820. The Morgan fingerprint density at radius 3 is 2.68 bits per heavy atom. The first-order valence-electron chi connectivity index (χ1n) is 6.36. The van der Waals surface area contributed by atoms with Crippen LogP contribution in [-0.4, -0.2) is 29.8 Å². The van der Waals surface area contributed by atoms with Crippen LogP contribution in [0.1, 0.15) is 31.6 Å². The lowest BCUT2D eigenvalue weighted by atomic mass is 10.4. The average Bonchev–Trinajstić information content (AvgIpc) is 3.01. The molecule has 0 atom stereocenters. The van der Waals surface area contributed by atoms with Crippen molar-refractivity contribution in [3.8, 4) is 0 Å². The Balaban J connectivity index is 2.01. The number of alkyl halides is 3. The molecule has 0 aromatic carbocycles. The van der Waals surface area contributed by atoms with Crippen molar-refractivity contribution < 1.29 is 13.2 Å². The number of thiazole rings is 1. The molecule has 7 heteroatoms. The first-order chi connectivity index (χ1) is 8.85. The van der Waals surface area contributed by atoms with E-state index in [1.807, 2.05) is 13.8 Å². The van der Waals surface area contributed by atoms with Crippen molar-refractivity contribution in [3.05, 3.63) is 11.1 Å². The van der Waals surface area contributed by atoms with Crippen LogP contribution in [0, 0.1) is 0 Å². The number of nitrogens with zero attached hydrogens (tertiary/aromatic N) is 2. The molecule has 1 aliphatic rings. The van der Waals surface area contributed by atoms with Gasteiger partial charge in [-0.3, -0.25) is 0 Å². The summed E-state index contributed by atoms with van der Waals surface area (Å²) < 4.78 is 37.7. The molecule has 1 aliphatic carbocycles. The summed E-state index contributed by atoms with van der Waals surface area (Å²) in [5.41, 5.74) is 0. The van der Waals surface area contributed by atoms with E-state index in [0.29, 0.717) is 17.7 Å². The second-order valence-electron chi connectivity index (χ2n) is 5.12. The Bertz CT molecular complexity index is 413. The summed E-state index contributed by atoms with van der Waals surface area (Å²) in [4.78, 5) is 6.51. The second-order valence-corrected chi connectivity index (χ2v) is 6.21. The molecule has 108 valence electrons. The Labute approximate surface area is 114 Å². The molecule has 1 saturated carbocycles. The van der Waals surface area contributed by atoms with E-state index in [1.54, 1.807) is 6.20 Å². The zero-order valence-electron chi connectivity index (χ0n) is 11.0. The van der Waals surface area contributed by atoms with Gasteiger partial charge >= 0.3 is 6.18 Å². The molecule has 1 fully saturated rings. The molecule has 0 amide bonds. The van der Waals surface area contributed by atoms with Gasteiger partial charge in [-0.25, -0.2) is 4.98 Å². The quantitative estimate of drug-likeness (QED) is 0.873. The standard InChI is InChI=1S/C12H18F3N3S/c1-8(2)16-5-10-6-17-11(19-10)18(9-3-4-9)7-12(13,14)15/h6,8-9,16H,3-5,7H2,1-2H3. The molecule has 0 radical (unpaired) electrons. The van der Waals surface area contributed by atoms with Crippen molar-refractivity contribution in [2.45, 2.75) is 51.5 Å². The third-order valence-electron chi connectivity index (χ3n) is 2.81. The summed E-state index contributed by atoms with van der Waals surface area (Å²) >= 11 is 1.34. The maximum Gasteiger partial charge on any atom is 0.406 e. The summed E-state index contributed by atoms with van der Waals surface area (Å²) in [5, 5.41) is 3.72. The third-order valence-corrected chi connectivity index (χ3v) is 3.84. The molecular weight excluding hydrogens is 275 g/mol. The van der Waals surface area contributed by atoms with E-state index in [0.717, 1.165) is 17.7 Å². The molecule has 0 saturated heterocycles. The molecule has 1 aromatic heterocycles. The highest BCUT2D eigenvalue weighted by Gasteiger charge is 2.39. The first-order valence-corrected chi connectivity index (χ1v) is 7.18. The molecule has 0 aliphatic heterocycles. The average molecular weight is 293 g/mol. The van der Waals surface area contributed by atoms with Crippen molar-refractivity contribution in [1.82, 2.24) is 10.3 Å². The Morgan fingerprint density at radius 2 is 2.16 bits per heavy atom. The number of aromatic nitrogens is 1. The zero-order valence-corrected chi connectivity index (χ0v) is 11.8. The molecule has 1 N–H and O–H groups in total. The SMILES string of the molecule is CC(C)NCc1cnc(N(CC(F)(F)F)C2CC2)s1. The number of halogens is 3. The molecule has 1 aromatic rings. The minimum absolute atomic E-state index is 0.0127. The highest BCUT2D eigenvalue weighted by molar-refractivity contribution is 7.15. The summed E-state index contributed by atoms with van der Waals surface area (Å²) in [6.07, 6.45) is -0.851. The molecule has 2 rings (SSSR count). The lowest BCUT2D eigenvalue weighted by molar-refractivity contribution is -0.120.